The summed E-state index contributed by atoms with van der Waals surface area (Å²) in [6, 6.07) is 5.59. The Labute approximate surface area is 148 Å². The summed E-state index contributed by atoms with van der Waals surface area (Å²) in [6.45, 7) is 5.37. The summed E-state index contributed by atoms with van der Waals surface area (Å²) in [5.41, 5.74) is 2.12. The van der Waals surface area contributed by atoms with E-state index in [4.69, 9.17) is 4.74 Å². The largest absolute Gasteiger partial charge is 0.444 e. The lowest BCUT2D eigenvalue weighted by molar-refractivity contribution is 0.0635. The lowest BCUT2D eigenvalue weighted by Crippen LogP contribution is -2.27. The number of rotatable bonds is 3. The zero-order valence-corrected chi connectivity index (χ0v) is 15.5. The number of nitrogens with zero attached hydrogens (tertiary/aromatic N) is 4. The third-order valence-corrected chi connectivity index (χ3v) is 3.56. The zero-order valence-electron chi connectivity index (χ0n) is 13.9. The summed E-state index contributed by atoms with van der Waals surface area (Å²) in [6.07, 6.45) is 1.03. The molecule has 0 spiro atoms. The summed E-state index contributed by atoms with van der Waals surface area (Å²) in [4.78, 5) is 16.0. The number of carbonyl (C=O) groups excluding carboxylic acids is 1. The quantitative estimate of drug-likeness (QED) is 0.806. The lowest BCUT2D eigenvalue weighted by atomic mass is 10.1. The van der Waals surface area contributed by atoms with Gasteiger partial charge >= 0.3 is 6.09 Å². The number of halogens is 1. The maximum atomic E-state index is 11.8. The predicted molar refractivity (Wildman–Crippen MR) is 93.6 cm³/mol. The average molecular weight is 392 g/mol. The van der Waals surface area contributed by atoms with Crippen LogP contribution < -0.4 is 5.32 Å². The summed E-state index contributed by atoms with van der Waals surface area (Å²) in [5.74, 6) is 0.371. The van der Waals surface area contributed by atoms with Gasteiger partial charge in [0.25, 0.3) is 0 Å². The molecular weight excluding hydrogens is 374 g/mol. The van der Waals surface area contributed by atoms with Crippen molar-refractivity contribution in [1.29, 1.82) is 5.26 Å². The summed E-state index contributed by atoms with van der Waals surface area (Å²) in [5, 5.41) is 16.7. The van der Waals surface area contributed by atoms with Gasteiger partial charge in [-0.3, -0.25) is 10.00 Å². The molecule has 0 fully saturated rings. The molecule has 2 aromatic heterocycles. The normalized spacial score (nSPS) is 11.0. The molecule has 2 heterocycles. The first kappa shape index (κ1) is 17.9. The van der Waals surface area contributed by atoms with E-state index in [1.54, 1.807) is 50.8 Å². The van der Waals surface area contributed by atoms with Crippen LogP contribution in [0.3, 0.4) is 0 Å². The van der Waals surface area contributed by atoms with Crippen molar-refractivity contribution in [2.24, 2.45) is 7.05 Å². The molecule has 7 nitrogen and oxygen atoms in total. The van der Waals surface area contributed by atoms with Crippen molar-refractivity contribution in [1.82, 2.24) is 14.8 Å². The van der Waals surface area contributed by atoms with Gasteiger partial charge < -0.3 is 4.74 Å². The van der Waals surface area contributed by atoms with E-state index in [0.717, 1.165) is 16.8 Å². The second kappa shape index (κ2) is 7.01. The fraction of sp³-hybridized carbons (Fsp3) is 0.375. The zero-order chi connectivity index (χ0) is 17.9. The van der Waals surface area contributed by atoms with Crippen LogP contribution in [0.2, 0.25) is 0 Å². The highest BCUT2D eigenvalue weighted by Crippen LogP contribution is 2.28. The number of aryl methyl sites for hydroxylation is 1. The maximum Gasteiger partial charge on any atom is 0.413 e. The number of nitrogens with one attached hydrogen (secondary N) is 1. The minimum absolute atomic E-state index is 0.371. The fourth-order valence-electron chi connectivity index (χ4n) is 2.13. The molecule has 24 heavy (non-hydrogen) atoms. The van der Waals surface area contributed by atoms with E-state index in [0.29, 0.717) is 16.8 Å². The molecule has 0 aliphatic carbocycles. The molecule has 126 valence electrons. The van der Waals surface area contributed by atoms with Crippen molar-refractivity contribution >= 4 is 27.8 Å². The molecule has 0 aliphatic rings. The van der Waals surface area contributed by atoms with Crippen molar-refractivity contribution < 1.29 is 9.53 Å². The van der Waals surface area contributed by atoms with E-state index < -0.39 is 11.7 Å². The predicted octanol–water partition coefficient (Wildman–Crippen LogP) is 3.60. The molecule has 0 bridgehead atoms. The Morgan fingerprint density at radius 1 is 1.46 bits per heavy atom. The second-order valence-corrected chi connectivity index (χ2v) is 6.66. The van der Waals surface area contributed by atoms with Crippen LogP contribution in [0.15, 0.2) is 18.3 Å². The van der Waals surface area contributed by atoms with Gasteiger partial charge in [0.2, 0.25) is 0 Å². The van der Waals surface area contributed by atoms with Crippen LogP contribution >= 0.6 is 15.9 Å². The minimum Gasteiger partial charge on any atom is -0.444 e. The van der Waals surface area contributed by atoms with Crippen LogP contribution in [0, 0.1) is 11.3 Å². The highest BCUT2D eigenvalue weighted by molar-refractivity contribution is 9.08. The summed E-state index contributed by atoms with van der Waals surface area (Å²) in [7, 11) is 1.72. The smallest absolute Gasteiger partial charge is 0.413 e. The third-order valence-electron chi connectivity index (χ3n) is 3.03. The van der Waals surface area contributed by atoms with Gasteiger partial charge in [0.05, 0.1) is 5.69 Å². The number of alkyl halides is 1. The standard InChI is InChI=1S/C16H18BrN5O2/c1-16(2,3)24-15(23)20-13-6-5-10(9-19-13)14-11(7-17)21-22(4)12(14)8-18/h5-6,9H,7H2,1-4H3,(H,19,20,23). The Morgan fingerprint density at radius 2 is 2.17 bits per heavy atom. The van der Waals surface area contributed by atoms with Gasteiger partial charge in [0.15, 0.2) is 0 Å². The molecule has 1 N–H and O–H groups in total. The van der Waals surface area contributed by atoms with Crippen LogP contribution in [0.4, 0.5) is 10.6 Å². The number of carbonyl (C=O) groups is 1. The second-order valence-electron chi connectivity index (χ2n) is 6.10. The van der Waals surface area contributed by atoms with Gasteiger partial charge in [-0.15, -0.1) is 0 Å². The van der Waals surface area contributed by atoms with Crippen molar-refractivity contribution in [2.75, 3.05) is 5.32 Å². The van der Waals surface area contributed by atoms with Crippen molar-refractivity contribution in [3.8, 4) is 17.2 Å². The van der Waals surface area contributed by atoms with E-state index in [2.05, 4.69) is 37.4 Å². The van der Waals surface area contributed by atoms with Crippen molar-refractivity contribution in [3.05, 3.63) is 29.7 Å². The van der Waals surface area contributed by atoms with E-state index in [1.165, 1.54) is 0 Å². The molecule has 0 radical (unpaired) electrons. The molecule has 0 saturated heterocycles. The van der Waals surface area contributed by atoms with Crippen LogP contribution in [0.5, 0.6) is 0 Å². The van der Waals surface area contributed by atoms with E-state index in [1.807, 2.05) is 0 Å². The molecule has 0 atom stereocenters. The Bertz CT molecular complexity index is 785. The average Bonchev–Trinajstić information content (AvgIpc) is 2.81. The topological polar surface area (TPSA) is 92.8 Å². The minimum atomic E-state index is -0.577. The number of nitriles is 1. The van der Waals surface area contributed by atoms with Crippen LogP contribution in [0.1, 0.15) is 32.2 Å². The number of hydrogen-bond donors (Lipinski definition) is 1. The van der Waals surface area contributed by atoms with Gasteiger partial charge in [-0.25, -0.2) is 9.78 Å². The molecule has 0 saturated carbocycles. The molecule has 2 rings (SSSR count). The van der Waals surface area contributed by atoms with Crippen LogP contribution in [-0.4, -0.2) is 26.5 Å². The van der Waals surface area contributed by atoms with E-state index in [-0.39, 0.29) is 0 Å². The van der Waals surface area contributed by atoms with Gasteiger partial charge in [-0.1, -0.05) is 15.9 Å². The Balaban J connectivity index is 2.25. The summed E-state index contributed by atoms with van der Waals surface area (Å²) >= 11 is 3.38. The maximum absolute atomic E-state index is 11.8. The molecule has 8 heteroatoms. The number of aromatic nitrogens is 3. The van der Waals surface area contributed by atoms with E-state index in [9.17, 15) is 10.1 Å². The van der Waals surface area contributed by atoms with Crippen LogP contribution in [-0.2, 0) is 17.1 Å². The SMILES string of the molecule is Cn1nc(CBr)c(-c2ccc(NC(=O)OC(C)(C)C)nc2)c1C#N. The van der Waals surface area contributed by atoms with Crippen molar-refractivity contribution in [2.45, 2.75) is 31.7 Å². The van der Waals surface area contributed by atoms with Crippen LogP contribution in [0.25, 0.3) is 11.1 Å². The number of amides is 1. The highest BCUT2D eigenvalue weighted by atomic mass is 79.9. The third kappa shape index (κ3) is 4.11. The first-order chi connectivity index (χ1) is 11.2. The molecule has 0 aliphatic heterocycles. The number of pyridine rings is 1. The molecule has 1 amide bonds. The highest BCUT2D eigenvalue weighted by Gasteiger charge is 2.19. The molecular formula is C16H18BrN5O2. The number of hydrogen-bond acceptors (Lipinski definition) is 5. The van der Waals surface area contributed by atoms with Gasteiger partial charge in [-0.2, -0.15) is 10.4 Å². The molecule has 2 aromatic rings. The Hall–Kier alpha value is -2.40. The van der Waals surface area contributed by atoms with Gasteiger partial charge in [-0.05, 0) is 32.9 Å². The van der Waals surface area contributed by atoms with Gasteiger partial charge in [0.1, 0.15) is 23.2 Å². The first-order valence-corrected chi connectivity index (χ1v) is 8.35. The fourth-order valence-corrected chi connectivity index (χ4v) is 2.52. The number of anilines is 1. The van der Waals surface area contributed by atoms with Gasteiger partial charge in [0, 0.05) is 29.7 Å². The number of ether oxygens (including phenoxy) is 1. The monoisotopic (exact) mass is 391 g/mol. The summed E-state index contributed by atoms with van der Waals surface area (Å²) < 4.78 is 6.72. The van der Waals surface area contributed by atoms with E-state index >= 15 is 0 Å². The molecule has 0 unspecified atom stereocenters. The molecule has 0 aromatic carbocycles. The Kier molecular flexibility index (Phi) is 5.24. The van der Waals surface area contributed by atoms with Crippen molar-refractivity contribution in [3.63, 3.8) is 0 Å². The Morgan fingerprint density at radius 3 is 2.67 bits per heavy atom. The lowest BCUT2D eigenvalue weighted by Gasteiger charge is -2.19. The first-order valence-electron chi connectivity index (χ1n) is 7.23.